The van der Waals surface area contributed by atoms with Crippen molar-refractivity contribution < 1.29 is 0 Å². The molecule has 0 amide bonds. The normalized spacial score (nSPS) is 11.2. The molecule has 6 heteroatoms. The quantitative estimate of drug-likeness (QED) is 0.853. The monoisotopic (exact) mass is 295 g/mol. The van der Waals surface area contributed by atoms with Crippen LogP contribution in [0.1, 0.15) is 37.7 Å². The molecule has 0 fully saturated rings. The Kier molecular flexibility index (Phi) is 5.20. The molecular weight excluding hydrogens is 274 g/mol. The van der Waals surface area contributed by atoms with Crippen LogP contribution in [0.15, 0.2) is 12.4 Å². The van der Waals surface area contributed by atoms with Crippen LogP contribution < -0.4 is 5.32 Å². The molecule has 1 N–H and O–H groups in total. The smallest absolute Gasteiger partial charge is 0.0869 e. The predicted octanol–water partition coefficient (Wildman–Crippen LogP) is 2.47. The maximum absolute atomic E-state index is 6.41. The van der Waals surface area contributed by atoms with Gasteiger partial charge in [-0.1, -0.05) is 25.4 Å². The zero-order valence-electron chi connectivity index (χ0n) is 12.4. The summed E-state index contributed by atoms with van der Waals surface area (Å²) in [7, 11) is 0. The molecular formula is C14H22ClN5. The first-order valence-electron chi connectivity index (χ1n) is 7.15. The number of rotatable bonds is 7. The minimum atomic E-state index is 0.659. The van der Waals surface area contributed by atoms with E-state index in [4.69, 9.17) is 11.6 Å². The van der Waals surface area contributed by atoms with Gasteiger partial charge >= 0.3 is 0 Å². The van der Waals surface area contributed by atoms with E-state index in [1.54, 1.807) is 0 Å². The molecule has 0 radical (unpaired) electrons. The molecule has 0 saturated heterocycles. The summed E-state index contributed by atoms with van der Waals surface area (Å²) in [6.45, 7) is 9.52. The largest absolute Gasteiger partial charge is 0.313 e. The summed E-state index contributed by atoms with van der Waals surface area (Å²) in [5.41, 5.74) is 3.17. The van der Waals surface area contributed by atoms with Crippen LogP contribution in [-0.2, 0) is 26.1 Å². The van der Waals surface area contributed by atoms with Crippen molar-refractivity contribution in [2.24, 2.45) is 0 Å². The Labute approximate surface area is 124 Å². The Hall–Kier alpha value is -1.33. The molecule has 0 saturated carbocycles. The first kappa shape index (κ1) is 15.1. The average molecular weight is 296 g/mol. The summed E-state index contributed by atoms with van der Waals surface area (Å²) in [6, 6.07) is 0. The molecule has 0 bridgehead atoms. The topological polar surface area (TPSA) is 47.7 Å². The second-order valence-corrected chi connectivity index (χ2v) is 5.08. The minimum absolute atomic E-state index is 0.659. The molecule has 2 heterocycles. The third-order valence-corrected chi connectivity index (χ3v) is 3.71. The van der Waals surface area contributed by atoms with E-state index < -0.39 is 0 Å². The fraction of sp³-hybridized carbons (Fsp3) is 0.571. The standard InChI is InChI=1S/C14H22ClN5/c1-4-12-14(15)13(20(6-3)18-12)10-19-9-11(8-17-19)7-16-5-2/h8-9,16H,4-7,10H2,1-3H3. The molecule has 110 valence electrons. The van der Waals surface area contributed by atoms with Gasteiger partial charge in [-0.2, -0.15) is 10.2 Å². The molecule has 0 aliphatic carbocycles. The highest BCUT2D eigenvalue weighted by atomic mass is 35.5. The van der Waals surface area contributed by atoms with Gasteiger partial charge in [0.25, 0.3) is 0 Å². The lowest BCUT2D eigenvalue weighted by Crippen LogP contribution is -2.11. The summed E-state index contributed by atoms with van der Waals surface area (Å²) in [5.74, 6) is 0. The Morgan fingerprint density at radius 2 is 2.10 bits per heavy atom. The van der Waals surface area contributed by atoms with Crippen molar-refractivity contribution in [3.63, 3.8) is 0 Å². The molecule has 0 aliphatic heterocycles. The minimum Gasteiger partial charge on any atom is -0.313 e. The number of aromatic nitrogens is 4. The Morgan fingerprint density at radius 3 is 2.75 bits per heavy atom. The van der Waals surface area contributed by atoms with Crippen molar-refractivity contribution in [1.29, 1.82) is 0 Å². The van der Waals surface area contributed by atoms with E-state index in [1.807, 2.05) is 15.6 Å². The van der Waals surface area contributed by atoms with Gasteiger partial charge in [-0.25, -0.2) is 0 Å². The SMILES string of the molecule is CCNCc1cnn(Cc2c(Cl)c(CC)nn2CC)c1. The van der Waals surface area contributed by atoms with E-state index in [0.29, 0.717) is 6.54 Å². The highest BCUT2D eigenvalue weighted by Gasteiger charge is 2.15. The third-order valence-electron chi connectivity index (χ3n) is 3.27. The summed E-state index contributed by atoms with van der Waals surface area (Å²) >= 11 is 6.41. The van der Waals surface area contributed by atoms with Crippen molar-refractivity contribution >= 4 is 11.6 Å². The second kappa shape index (κ2) is 6.90. The van der Waals surface area contributed by atoms with E-state index in [1.165, 1.54) is 5.56 Å². The molecule has 2 aromatic rings. The van der Waals surface area contributed by atoms with E-state index in [-0.39, 0.29) is 0 Å². The van der Waals surface area contributed by atoms with Crippen LogP contribution >= 0.6 is 11.6 Å². The summed E-state index contributed by atoms with van der Waals surface area (Å²) in [6.07, 6.45) is 4.80. The van der Waals surface area contributed by atoms with Crippen LogP contribution in [0.4, 0.5) is 0 Å². The number of aryl methyl sites for hydroxylation is 2. The van der Waals surface area contributed by atoms with Crippen LogP contribution in [0.2, 0.25) is 5.02 Å². The van der Waals surface area contributed by atoms with Crippen LogP contribution in [0.5, 0.6) is 0 Å². The van der Waals surface area contributed by atoms with Crippen molar-refractivity contribution in [2.45, 2.75) is 46.8 Å². The van der Waals surface area contributed by atoms with Gasteiger partial charge in [0, 0.05) is 24.8 Å². The molecule has 0 aliphatic rings. The Bertz CT molecular complexity index is 558. The van der Waals surface area contributed by atoms with Crippen molar-refractivity contribution in [3.8, 4) is 0 Å². The molecule has 0 aromatic carbocycles. The van der Waals surface area contributed by atoms with Crippen LogP contribution in [0, 0.1) is 0 Å². The van der Waals surface area contributed by atoms with Gasteiger partial charge in [0.1, 0.15) is 0 Å². The van der Waals surface area contributed by atoms with Crippen molar-refractivity contribution in [3.05, 3.63) is 34.4 Å². The number of hydrogen-bond acceptors (Lipinski definition) is 3. The number of nitrogens with zero attached hydrogens (tertiary/aromatic N) is 4. The lowest BCUT2D eigenvalue weighted by atomic mass is 10.3. The zero-order chi connectivity index (χ0) is 14.5. The molecule has 2 rings (SSSR count). The fourth-order valence-corrected chi connectivity index (χ4v) is 2.50. The molecule has 20 heavy (non-hydrogen) atoms. The first-order chi connectivity index (χ1) is 9.69. The maximum atomic E-state index is 6.41. The molecule has 5 nitrogen and oxygen atoms in total. The fourth-order valence-electron chi connectivity index (χ4n) is 2.18. The van der Waals surface area contributed by atoms with Gasteiger partial charge in [0.05, 0.1) is 29.2 Å². The Balaban J connectivity index is 2.16. The zero-order valence-corrected chi connectivity index (χ0v) is 13.1. The summed E-state index contributed by atoms with van der Waals surface area (Å²) in [4.78, 5) is 0. The average Bonchev–Trinajstić information content (AvgIpc) is 3.03. The highest BCUT2D eigenvalue weighted by molar-refractivity contribution is 6.31. The molecule has 0 unspecified atom stereocenters. The van der Waals surface area contributed by atoms with Gasteiger partial charge in [0.2, 0.25) is 0 Å². The van der Waals surface area contributed by atoms with Gasteiger partial charge in [0.15, 0.2) is 0 Å². The number of nitrogens with one attached hydrogen (secondary N) is 1. The van der Waals surface area contributed by atoms with E-state index in [9.17, 15) is 0 Å². The van der Waals surface area contributed by atoms with E-state index in [0.717, 1.165) is 42.5 Å². The second-order valence-electron chi connectivity index (χ2n) is 4.70. The lowest BCUT2D eigenvalue weighted by molar-refractivity contribution is 0.573. The van der Waals surface area contributed by atoms with Crippen LogP contribution in [0.3, 0.4) is 0 Å². The first-order valence-corrected chi connectivity index (χ1v) is 7.53. The van der Waals surface area contributed by atoms with Crippen molar-refractivity contribution in [1.82, 2.24) is 24.9 Å². The van der Waals surface area contributed by atoms with E-state index >= 15 is 0 Å². The molecule has 0 spiro atoms. The Morgan fingerprint density at radius 1 is 1.30 bits per heavy atom. The molecule has 2 aromatic heterocycles. The number of halogens is 1. The third kappa shape index (κ3) is 3.22. The van der Waals surface area contributed by atoms with Gasteiger partial charge in [-0.05, 0) is 19.9 Å². The van der Waals surface area contributed by atoms with Crippen LogP contribution in [0.25, 0.3) is 0 Å². The molecule has 0 atom stereocenters. The predicted molar refractivity (Wildman–Crippen MR) is 81.0 cm³/mol. The van der Waals surface area contributed by atoms with Gasteiger partial charge in [-0.15, -0.1) is 0 Å². The summed E-state index contributed by atoms with van der Waals surface area (Å²) in [5, 5.41) is 13.0. The van der Waals surface area contributed by atoms with Gasteiger partial charge < -0.3 is 5.32 Å². The van der Waals surface area contributed by atoms with Crippen LogP contribution in [-0.4, -0.2) is 26.1 Å². The van der Waals surface area contributed by atoms with E-state index in [2.05, 4.69) is 42.5 Å². The number of hydrogen-bond donors (Lipinski definition) is 1. The highest BCUT2D eigenvalue weighted by Crippen LogP contribution is 2.22. The van der Waals surface area contributed by atoms with Crippen molar-refractivity contribution in [2.75, 3.05) is 6.54 Å². The van der Waals surface area contributed by atoms with Gasteiger partial charge in [-0.3, -0.25) is 9.36 Å². The maximum Gasteiger partial charge on any atom is 0.0869 e. The lowest BCUT2D eigenvalue weighted by Gasteiger charge is -2.05. The summed E-state index contributed by atoms with van der Waals surface area (Å²) < 4.78 is 3.88.